The summed E-state index contributed by atoms with van der Waals surface area (Å²) < 4.78 is 0. The van der Waals surface area contributed by atoms with E-state index in [4.69, 9.17) is 5.11 Å². The first kappa shape index (κ1) is 18.3. The lowest BCUT2D eigenvalue weighted by Crippen LogP contribution is -2.19. The van der Waals surface area contributed by atoms with Crippen LogP contribution >= 0.6 is 11.3 Å². The number of anilines is 1. The maximum absolute atomic E-state index is 11.9. The summed E-state index contributed by atoms with van der Waals surface area (Å²) in [6, 6.07) is 7.46. The van der Waals surface area contributed by atoms with E-state index >= 15 is 0 Å². The van der Waals surface area contributed by atoms with E-state index in [1.54, 1.807) is 17.4 Å². The van der Waals surface area contributed by atoms with Crippen molar-refractivity contribution in [1.82, 2.24) is 4.98 Å². The van der Waals surface area contributed by atoms with E-state index in [1.165, 1.54) is 31.9 Å². The predicted octanol–water partition coefficient (Wildman–Crippen LogP) is 4.63. The molecule has 1 unspecified atom stereocenters. The third kappa shape index (κ3) is 4.79. The summed E-state index contributed by atoms with van der Waals surface area (Å²) in [5.41, 5.74) is 2.81. The molecule has 1 aromatic heterocycles. The summed E-state index contributed by atoms with van der Waals surface area (Å²) in [5.74, 6) is -1.33. The Morgan fingerprint density at radius 1 is 1.38 bits per heavy atom. The monoisotopic (exact) mass is 370 g/mol. The molecule has 5 nitrogen and oxygen atoms in total. The second-order valence-corrected chi connectivity index (χ2v) is 7.58. The van der Waals surface area contributed by atoms with Gasteiger partial charge in [0.1, 0.15) is 5.01 Å². The van der Waals surface area contributed by atoms with Crippen LogP contribution < -0.4 is 5.32 Å². The molecule has 0 bridgehead atoms. The molecule has 6 heteroatoms. The summed E-state index contributed by atoms with van der Waals surface area (Å²) in [4.78, 5) is 27.4. The van der Waals surface area contributed by atoms with E-state index in [0.29, 0.717) is 11.6 Å². The Morgan fingerprint density at radius 3 is 2.88 bits per heavy atom. The molecule has 3 rings (SSSR count). The Morgan fingerprint density at radius 2 is 2.19 bits per heavy atom. The van der Waals surface area contributed by atoms with Crippen LogP contribution in [0.4, 0.5) is 5.69 Å². The van der Waals surface area contributed by atoms with E-state index in [-0.39, 0.29) is 12.3 Å². The zero-order valence-electron chi connectivity index (χ0n) is 14.6. The van der Waals surface area contributed by atoms with Gasteiger partial charge in [-0.3, -0.25) is 9.59 Å². The zero-order chi connectivity index (χ0) is 18.5. The Kier molecular flexibility index (Phi) is 5.83. The van der Waals surface area contributed by atoms with Gasteiger partial charge in [0.05, 0.1) is 11.6 Å². The lowest BCUT2D eigenvalue weighted by Gasteiger charge is -2.22. The minimum atomic E-state index is -0.971. The smallest absolute Gasteiger partial charge is 0.306 e. The number of carboxylic acid groups (broad SMARTS) is 1. The average Bonchev–Trinajstić information content (AvgIpc) is 2.99. The van der Waals surface area contributed by atoms with Crippen molar-refractivity contribution in [3.63, 3.8) is 0 Å². The minimum Gasteiger partial charge on any atom is -0.481 e. The van der Waals surface area contributed by atoms with Crippen molar-refractivity contribution in [3.05, 3.63) is 45.9 Å². The number of aromatic nitrogens is 1. The van der Waals surface area contributed by atoms with Gasteiger partial charge in [0.15, 0.2) is 0 Å². The van der Waals surface area contributed by atoms with Gasteiger partial charge in [-0.05, 0) is 36.6 Å². The van der Waals surface area contributed by atoms with Crippen LogP contribution in [0.3, 0.4) is 0 Å². The molecular formula is C20H22N2O3S. The van der Waals surface area contributed by atoms with Gasteiger partial charge in [-0.2, -0.15) is 0 Å². The number of carboxylic acids is 1. The second kappa shape index (κ2) is 8.27. The van der Waals surface area contributed by atoms with Gasteiger partial charge in [-0.15, -0.1) is 11.3 Å². The number of benzene rings is 1. The van der Waals surface area contributed by atoms with Crippen LogP contribution in [0.5, 0.6) is 0 Å². The van der Waals surface area contributed by atoms with E-state index in [2.05, 4.69) is 15.7 Å². The maximum Gasteiger partial charge on any atom is 0.306 e. The van der Waals surface area contributed by atoms with Crippen LogP contribution in [0, 0.1) is 5.92 Å². The molecular weight excluding hydrogens is 348 g/mol. The number of hydrogen-bond acceptors (Lipinski definition) is 4. The van der Waals surface area contributed by atoms with E-state index in [1.807, 2.05) is 30.4 Å². The molecule has 1 fully saturated rings. The molecule has 26 heavy (non-hydrogen) atoms. The van der Waals surface area contributed by atoms with Crippen LogP contribution in [0.1, 0.15) is 54.8 Å². The van der Waals surface area contributed by atoms with Crippen LogP contribution in [-0.2, 0) is 9.59 Å². The normalized spacial score (nSPS) is 15.6. The van der Waals surface area contributed by atoms with Gasteiger partial charge in [0.25, 0.3) is 0 Å². The van der Waals surface area contributed by atoms with Crippen molar-refractivity contribution in [2.45, 2.75) is 38.5 Å². The molecule has 2 N–H and O–H groups in total. The lowest BCUT2D eigenvalue weighted by atomic mass is 9.83. The summed E-state index contributed by atoms with van der Waals surface area (Å²) in [6.45, 7) is 1.52. The molecule has 1 aliphatic carbocycles. The van der Waals surface area contributed by atoms with Gasteiger partial charge in [-0.25, -0.2) is 4.98 Å². The second-order valence-electron chi connectivity index (χ2n) is 6.69. The fraction of sp³-hybridized carbons (Fsp3) is 0.350. The van der Waals surface area contributed by atoms with Crippen molar-refractivity contribution in [1.29, 1.82) is 0 Å². The van der Waals surface area contributed by atoms with Crippen LogP contribution in [0.25, 0.3) is 12.2 Å². The number of thiazole rings is 1. The first-order chi connectivity index (χ1) is 12.5. The number of rotatable bonds is 7. The molecule has 1 atom stereocenters. The number of carbonyl (C=O) groups is 2. The number of nitrogens with one attached hydrogen (secondary N) is 1. The molecule has 1 amide bonds. The standard InChI is InChI=1S/C20H22N2O3S/c1-13(20(24)25)10-18(23)21-16-7-2-4-14(11-16)8-9-19-22-17(12-26-19)15-5-3-6-15/h2,4,7-9,11-13,15H,3,5-6,10H2,1H3,(H,21,23)(H,24,25). The predicted molar refractivity (Wildman–Crippen MR) is 104 cm³/mol. The number of aliphatic carboxylic acids is 1. The number of amides is 1. The molecule has 0 aliphatic heterocycles. The molecule has 136 valence electrons. The van der Waals surface area contributed by atoms with Crippen LogP contribution in [0.2, 0.25) is 0 Å². The molecule has 0 saturated heterocycles. The summed E-state index contributed by atoms with van der Waals surface area (Å²) in [5, 5.41) is 14.8. The van der Waals surface area contributed by atoms with Gasteiger partial charge < -0.3 is 10.4 Å². The molecule has 0 spiro atoms. The van der Waals surface area contributed by atoms with Crippen molar-refractivity contribution in [3.8, 4) is 0 Å². The van der Waals surface area contributed by atoms with Crippen molar-refractivity contribution in [2.75, 3.05) is 5.32 Å². The third-order valence-corrected chi connectivity index (χ3v) is 5.39. The number of carbonyl (C=O) groups excluding carboxylic acids is 1. The molecule has 1 heterocycles. The highest BCUT2D eigenvalue weighted by molar-refractivity contribution is 7.10. The third-order valence-electron chi connectivity index (χ3n) is 4.57. The molecule has 1 aliphatic rings. The van der Waals surface area contributed by atoms with Crippen LogP contribution in [0.15, 0.2) is 29.6 Å². The van der Waals surface area contributed by atoms with Gasteiger partial charge in [0.2, 0.25) is 5.91 Å². The quantitative estimate of drug-likeness (QED) is 0.745. The van der Waals surface area contributed by atoms with E-state index in [9.17, 15) is 9.59 Å². The summed E-state index contributed by atoms with van der Waals surface area (Å²) in [7, 11) is 0. The highest BCUT2D eigenvalue weighted by Gasteiger charge is 2.21. The number of nitrogens with zero attached hydrogens (tertiary/aromatic N) is 1. The lowest BCUT2D eigenvalue weighted by molar-refractivity contribution is -0.142. The topological polar surface area (TPSA) is 79.3 Å². The zero-order valence-corrected chi connectivity index (χ0v) is 15.5. The van der Waals surface area contributed by atoms with Crippen molar-refractivity contribution < 1.29 is 14.7 Å². The first-order valence-electron chi connectivity index (χ1n) is 8.77. The average molecular weight is 370 g/mol. The summed E-state index contributed by atoms with van der Waals surface area (Å²) in [6.07, 6.45) is 7.71. The first-order valence-corrected chi connectivity index (χ1v) is 9.65. The Bertz CT molecular complexity index is 824. The Labute approximate surface area is 156 Å². The molecule has 0 radical (unpaired) electrons. The SMILES string of the molecule is CC(CC(=O)Nc1cccc(C=Cc2nc(C3CCC3)cs2)c1)C(=O)O. The van der Waals surface area contributed by atoms with Gasteiger partial charge >= 0.3 is 5.97 Å². The molecule has 1 aromatic carbocycles. The van der Waals surface area contributed by atoms with E-state index < -0.39 is 11.9 Å². The summed E-state index contributed by atoms with van der Waals surface area (Å²) >= 11 is 1.65. The minimum absolute atomic E-state index is 0.0432. The maximum atomic E-state index is 11.9. The Balaban J connectivity index is 1.60. The number of hydrogen-bond donors (Lipinski definition) is 2. The van der Waals surface area contributed by atoms with Crippen LogP contribution in [-0.4, -0.2) is 22.0 Å². The fourth-order valence-corrected chi connectivity index (χ4v) is 3.53. The molecule has 1 saturated carbocycles. The van der Waals surface area contributed by atoms with Gasteiger partial charge in [-0.1, -0.05) is 31.6 Å². The van der Waals surface area contributed by atoms with Gasteiger partial charge in [0, 0.05) is 23.4 Å². The fourth-order valence-electron chi connectivity index (χ4n) is 2.73. The highest BCUT2D eigenvalue weighted by Crippen LogP contribution is 2.36. The van der Waals surface area contributed by atoms with Crippen molar-refractivity contribution in [2.24, 2.45) is 5.92 Å². The largest absolute Gasteiger partial charge is 0.481 e. The highest BCUT2D eigenvalue weighted by atomic mass is 32.1. The Hall–Kier alpha value is -2.47. The van der Waals surface area contributed by atoms with Crippen molar-refractivity contribution >= 4 is 41.1 Å². The molecule has 2 aromatic rings. The van der Waals surface area contributed by atoms with E-state index in [0.717, 1.165) is 10.6 Å².